The molecule has 0 amide bonds. The van der Waals surface area contributed by atoms with Crippen LogP contribution < -0.4 is 9.47 Å². The summed E-state index contributed by atoms with van der Waals surface area (Å²) in [7, 11) is 0. The Morgan fingerprint density at radius 3 is 2.69 bits per heavy atom. The van der Waals surface area contributed by atoms with E-state index in [9.17, 15) is 0 Å². The van der Waals surface area contributed by atoms with Crippen molar-refractivity contribution in [1.29, 1.82) is 0 Å². The predicted molar refractivity (Wildman–Crippen MR) is 106 cm³/mol. The number of aromatic nitrogens is 3. The van der Waals surface area contributed by atoms with Crippen LogP contribution in [0.1, 0.15) is 17.9 Å². The van der Waals surface area contributed by atoms with Gasteiger partial charge in [-0.15, -0.1) is 10.2 Å². The highest BCUT2D eigenvalue weighted by Gasteiger charge is 2.27. The average molecular weight is 428 g/mol. The van der Waals surface area contributed by atoms with Gasteiger partial charge in [0.25, 0.3) is 11.1 Å². The number of fused-ring (bicyclic) bond motifs is 1. The first-order valence-corrected chi connectivity index (χ1v) is 10.2. The van der Waals surface area contributed by atoms with E-state index < -0.39 is 6.10 Å². The molecule has 2 aromatic carbocycles. The molecule has 0 aliphatic carbocycles. The van der Waals surface area contributed by atoms with E-state index in [1.165, 1.54) is 11.8 Å². The van der Waals surface area contributed by atoms with E-state index in [4.69, 9.17) is 29.9 Å². The summed E-state index contributed by atoms with van der Waals surface area (Å²) in [6, 6.07) is 14.9. The number of ether oxygens (including phenoxy) is 2. The smallest absolute Gasteiger partial charge is 0.277 e. The van der Waals surface area contributed by atoms with Crippen molar-refractivity contribution in [3.8, 4) is 22.8 Å². The number of para-hydroxylation sites is 2. The maximum absolute atomic E-state index is 5.92. The fraction of sp³-hybridized carbons (Fsp3) is 0.150. The van der Waals surface area contributed by atoms with E-state index in [1.54, 1.807) is 6.20 Å². The largest absolute Gasteiger partial charge is 0.485 e. The van der Waals surface area contributed by atoms with Crippen molar-refractivity contribution in [1.82, 2.24) is 15.2 Å². The molecule has 7 nitrogen and oxygen atoms in total. The van der Waals surface area contributed by atoms with Crippen molar-refractivity contribution in [3.05, 3.63) is 71.5 Å². The predicted octanol–water partition coefficient (Wildman–Crippen LogP) is 5.18. The summed E-state index contributed by atoms with van der Waals surface area (Å²) in [6.45, 7) is 0.313. The molecule has 1 unspecified atom stereocenters. The maximum atomic E-state index is 5.92. The van der Waals surface area contributed by atoms with Crippen LogP contribution in [0.15, 0.2) is 68.8 Å². The number of hydrogen-bond acceptors (Lipinski definition) is 8. The molecule has 0 spiro atoms. The number of oxazole rings is 1. The number of halogens is 1. The van der Waals surface area contributed by atoms with E-state index in [1.807, 2.05) is 48.5 Å². The second-order valence-corrected chi connectivity index (χ2v) is 7.55. The van der Waals surface area contributed by atoms with Gasteiger partial charge in [0.2, 0.25) is 12.0 Å². The van der Waals surface area contributed by atoms with Gasteiger partial charge in [-0.25, -0.2) is 4.98 Å². The van der Waals surface area contributed by atoms with Crippen LogP contribution >= 0.6 is 23.4 Å². The van der Waals surface area contributed by atoms with E-state index in [0.717, 1.165) is 5.56 Å². The summed E-state index contributed by atoms with van der Waals surface area (Å²) in [5.74, 6) is 3.43. The molecule has 1 aliphatic rings. The van der Waals surface area contributed by atoms with Crippen molar-refractivity contribution in [3.63, 3.8) is 0 Å². The number of nitrogens with zero attached hydrogens (tertiary/aromatic N) is 3. The lowest BCUT2D eigenvalue weighted by molar-refractivity contribution is 0.0686. The molecule has 5 rings (SSSR count). The minimum Gasteiger partial charge on any atom is -0.485 e. The molecule has 3 heterocycles. The third-order valence-corrected chi connectivity index (χ3v) is 5.26. The van der Waals surface area contributed by atoms with Gasteiger partial charge in [-0.2, -0.15) is 0 Å². The molecule has 0 radical (unpaired) electrons. The van der Waals surface area contributed by atoms with Crippen LogP contribution in [0.4, 0.5) is 0 Å². The fourth-order valence-corrected chi connectivity index (χ4v) is 3.55. The third kappa shape index (κ3) is 3.94. The summed E-state index contributed by atoms with van der Waals surface area (Å²) in [4.78, 5) is 4.30. The molecule has 9 heteroatoms. The van der Waals surface area contributed by atoms with Crippen molar-refractivity contribution in [2.24, 2.45) is 0 Å². The van der Waals surface area contributed by atoms with Crippen molar-refractivity contribution in [2.75, 3.05) is 6.61 Å². The van der Waals surface area contributed by atoms with E-state index in [-0.39, 0.29) is 0 Å². The molecule has 2 aromatic heterocycles. The van der Waals surface area contributed by atoms with Crippen LogP contribution in [0.2, 0.25) is 5.02 Å². The summed E-state index contributed by atoms with van der Waals surface area (Å²) in [5, 5.41) is 9.23. The summed E-state index contributed by atoms with van der Waals surface area (Å²) >= 11 is 7.26. The topological polar surface area (TPSA) is 83.4 Å². The Morgan fingerprint density at radius 2 is 1.83 bits per heavy atom. The van der Waals surface area contributed by atoms with Crippen molar-refractivity contribution in [2.45, 2.75) is 17.1 Å². The molecule has 0 fully saturated rings. The van der Waals surface area contributed by atoms with Gasteiger partial charge in [0.05, 0.1) is 11.9 Å². The highest BCUT2D eigenvalue weighted by Crippen LogP contribution is 2.36. The molecule has 1 aliphatic heterocycles. The molecule has 146 valence electrons. The minimum absolute atomic E-state index is 0.313. The highest BCUT2D eigenvalue weighted by atomic mass is 35.5. The van der Waals surface area contributed by atoms with Crippen molar-refractivity contribution >= 4 is 23.4 Å². The molecule has 0 bridgehead atoms. The van der Waals surface area contributed by atoms with Crippen molar-refractivity contribution < 1.29 is 18.3 Å². The van der Waals surface area contributed by atoms with Crippen LogP contribution in [-0.4, -0.2) is 21.8 Å². The number of hydrogen-bond donors (Lipinski definition) is 0. The molecule has 0 saturated heterocycles. The molecule has 29 heavy (non-hydrogen) atoms. The summed E-state index contributed by atoms with van der Waals surface area (Å²) in [6.07, 6.45) is 1.24. The highest BCUT2D eigenvalue weighted by molar-refractivity contribution is 7.98. The SMILES string of the molecule is Clc1ccc(-c2cnc(CSc3nnc(C4COc5ccccc5O4)o3)o2)cc1. The van der Waals surface area contributed by atoms with Gasteiger partial charge in [0.15, 0.2) is 17.3 Å². The lowest BCUT2D eigenvalue weighted by Gasteiger charge is -2.23. The van der Waals surface area contributed by atoms with Gasteiger partial charge in [0.1, 0.15) is 6.61 Å². The quantitative estimate of drug-likeness (QED) is 0.403. The molecule has 1 atom stereocenters. The Bertz CT molecular complexity index is 1130. The van der Waals surface area contributed by atoms with E-state index in [2.05, 4.69) is 15.2 Å². The second kappa shape index (κ2) is 7.81. The van der Waals surface area contributed by atoms with Crippen LogP contribution in [0.3, 0.4) is 0 Å². The molecule has 0 N–H and O–H groups in total. The van der Waals surface area contributed by atoms with Crippen LogP contribution in [0.25, 0.3) is 11.3 Å². The maximum Gasteiger partial charge on any atom is 0.277 e. The first kappa shape index (κ1) is 18.1. The van der Waals surface area contributed by atoms with Gasteiger partial charge in [0, 0.05) is 10.6 Å². The molecular weight excluding hydrogens is 414 g/mol. The van der Waals surface area contributed by atoms with E-state index in [0.29, 0.717) is 51.6 Å². The Labute approximate surface area is 175 Å². The van der Waals surface area contributed by atoms with Crippen LogP contribution in [0.5, 0.6) is 11.5 Å². The van der Waals surface area contributed by atoms with Gasteiger partial charge >= 0.3 is 0 Å². The molecule has 4 aromatic rings. The summed E-state index contributed by atoms with van der Waals surface area (Å²) < 4.78 is 23.1. The first-order chi connectivity index (χ1) is 14.2. The monoisotopic (exact) mass is 427 g/mol. The average Bonchev–Trinajstić information content (AvgIpc) is 3.42. The standard InChI is InChI=1S/C20H14ClN3O4S/c21-13-7-5-12(6-8-13)16-9-22-18(27-16)11-29-20-24-23-19(28-20)17-10-25-14-3-1-2-4-15(14)26-17/h1-9,17H,10-11H2. The van der Waals surface area contributed by atoms with Gasteiger partial charge in [-0.3, -0.25) is 0 Å². The molecular formula is C20H14ClN3O4S. The zero-order valence-electron chi connectivity index (χ0n) is 14.9. The number of rotatable bonds is 5. The van der Waals surface area contributed by atoms with Gasteiger partial charge in [-0.1, -0.05) is 35.5 Å². The lowest BCUT2D eigenvalue weighted by atomic mass is 10.2. The Morgan fingerprint density at radius 1 is 1.00 bits per heavy atom. The van der Waals surface area contributed by atoms with Gasteiger partial charge in [-0.05, 0) is 36.4 Å². The number of benzene rings is 2. The first-order valence-electron chi connectivity index (χ1n) is 8.80. The van der Waals surface area contributed by atoms with Gasteiger partial charge < -0.3 is 18.3 Å². The molecule has 0 saturated carbocycles. The second-order valence-electron chi connectivity index (χ2n) is 6.18. The third-order valence-electron chi connectivity index (χ3n) is 4.21. The normalized spacial score (nSPS) is 15.4. The lowest BCUT2D eigenvalue weighted by Crippen LogP contribution is -2.21. The Balaban J connectivity index is 1.22. The zero-order valence-corrected chi connectivity index (χ0v) is 16.5. The Hall–Kier alpha value is -2.97. The number of thioether (sulfide) groups is 1. The van der Waals surface area contributed by atoms with Crippen LogP contribution in [0, 0.1) is 0 Å². The summed E-state index contributed by atoms with van der Waals surface area (Å²) in [5.41, 5.74) is 0.910. The van der Waals surface area contributed by atoms with E-state index >= 15 is 0 Å². The Kier molecular flexibility index (Phi) is 4.87. The zero-order chi connectivity index (χ0) is 19.6. The van der Waals surface area contributed by atoms with Crippen LogP contribution in [-0.2, 0) is 5.75 Å². The minimum atomic E-state index is -0.440. The fourth-order valence-electron chi connectivity index (χ4n) is 2.80.